The maximum atomic E-state index is 12.6. The first-order valence-corrected chi connectivity index (χ1v) is 12.5. The first-order valence-electron chi connectivity index (χ1n) is 12.1. The molecule has 7 nitrogen and oxygen atoms in total. The van der Waals surface area contributed by atoms with Gasteiger partial charge in [-0.05, 0) is 75.6 Å². The van der Waals surface area contributed by atoms with E-state index in [2.05, 4.69) is 5.32 Å². The minimum absolute atomic E-state index is 0. The number of carboxylic acids is 1. The molecule has 1 unspecified atom stereocenters. The molecule has 0 aliphatic carbocycles. The van der Waals surface area contributed by atoms with Crippen LogP contribution in [0.2, 0.25) is 5.02 Å². The molecular weight excluding hydrogens is 517 g/mol. The van der Waals surface area contributed by atoms with Gasteiger partial charge in [0, 0.05) is 35.6 Å². The fourth-order valence-corrected chi connectivity index (χ4v) is 4.28. The number of amides is 1. The van der Waals surface area contributed by atoms with Gasteiger partial charge in [-0.15, -0.1) is 0 Å². The molecule has 9 heteroatoms. The molecule has 3 aromatic rings. The number of ether oxygens (including phenoxy) is 3. The monoisotopic (exact) mass is 545 g/mol. The zero-order chi connectivity index (χ0) is 26.6. The standard InChI is InChI=1S/C29H30ClNO6.Na/c1-29(2,3)37-24-7-5-4-6-18(24)12-14-31-27(32)19-8-10-20(11-9-19)36-26-17-25-22(16-23(26)30)21(28(33)34)13-15-35-25;/h4-11,16-17,21H,12-15H2,1-3H3,(H,31,32)(H,33,34);/q;+1/p-1. The summed E-state index contributed by atoms with van der Waals surface area (Å²) in [5.41, 5.74) is 1.68. The summed E-state index contributed by atoms with van der Waals surface area (Å²) in [7, 11) is 0. The number of halogens is 1. The van der Waals surface area contributed by atoms with Gasteiger partial charge in [-0.3, -0.25) is 4.79 Å². The van der Waals surface area contributed by atoms with Crippen LogP contribution in [0.3, 0.4) is 0 Å². The van der Waals surface area contributed by atoms with Gasteiger partial charge < -0.3 is 29.4 Å². The maximum absolute atomic E-state index is 12.6. The Morgan fingerprint density at radius 2 is 1.79 bits per heavy atom. The van der Waals surface area contributed by atoms with Crippen LogP contribution in [-0.4, -0.2) is 30.6 Å². The van der Waals surface area contributed by atoms with Gasteiger partial charge in [0.2, 0.25) is 0 Å². The number of para-hydroxylation sites is 1. The SMILES string of the molecule is CC(C)(C)Oc1ccccc1CCNC(=O)c1ccc(Oc2cc3c(cc2Cl)C(C(=O)[O-])CCO3)cc1.[Na+]. The molecule has 0 saturated carbocycles. The van der Waals surface area contributed by atoms with E-state index in [1.54, 1.807) is 36.4 Å². The Morgan fingerprint density at radius 3 is 2.47 bits per heavy atom. The number of rotatable bonds is 8. The van der Waals surface area contributed by atoms with Crippen LogP contribution in [0.5, 0.6) is 23.0 Å². The van der Waals surface area contributed by atoms with Gasteiger partial charge in [-0.25, -0.2) is 0 Å². The molecule has 1 N–H and O–H groups in total. The average molecular weight is 546 g/mol. The van der Waals surface area contributed by atoms with Crippen LogP contribution in [0.15, 0.2) is 60.7 Å². The third-order valence-electron chi connectivity index (χ3n) is 5.80. The van der Waals surface area contributed by atoms with E-state index in [-0.39, 0.29) is 52.7 Å². The predicted molar refractivity (Wildman–Crippen MR) is 139 cm³/mol. The molecule has 0 spiro atoms. The Balaban J connectivity index is 0.00000400. The molecule has 1 aliphatic heterocycles. The summed E-state index contributed by atoms with van der Waals surface area (Å²) in [6.45, 7) is 6.72. The normalized spacial score (nSPS) is 14.4. The Morgan fingerprint density at radius 1 is 1.08 bits per heavy atom. The number of hydrogen-bond donors (Lipinski definition) is 1. The minimum atomic E-state index is -1.16. The van der Waals surface area contributed by atoms with Gasteiger partial charge in [0.25, 0.3) is 5.91 Å². The van der Waals surface area contributed by atoms with Crippen molar-refractivity contribution >= 4 is 23.5 Å². The van der Waals surface area contributed by atoms with Gasteiger partial charge >= 0.3 is 29.6 Å². The van der Waals surface area contributed by atoms with E-state index in [9.17, 15) is 14.7 Å². The molecule has 1 amide bonds. The first-order chi connectivity index (χ1) is 17.6. The Labute approximate surface area is 249 Å². The quantitative estimate of drug-likeness (QED) is 0.434. The van der Waals surface area contributed by atoms with Gasteiger partial charge in [0.05, 0.1) is 11.6 Å². The van der Waals surface area contributed by atoms with Crippen molar-refractivity contribution in [1.29, 1.82) is 0 Å². The number of benzene rings is 3. The average Bonchev–Trinajstić information content (AvgIpc) is 2.84. The molecule has 0 radical (unpaired) electrons. The van der Waals surface area contributed by atoms with Crippen LogP contribution in [0.25, 0.3) is 0 Å². The van der Waals surface area contributed by atoms with E-state index in [0.717, 1.165) is 11.3 Å². The first kappa shape index (κ1) is 29.8. The van der Waals surface area contributed by atoms with Crippen molar-refractivity contribution in [3.05, 3.63) is 82.4 Å². The van der Waals surface area contributed by atoms with Crippen molar-refractivity contribution in [2.75, 3.05) is 13.2 Å². The van der Waals surface area contributed by atoms with Crippen molar-refractivity contribution in [1.82, 2.24) is 5.32 Å². The molecule has 38 heavy (non-hydrogen) atoms. The molecule has 1 heterocycles. The number of carbonyl (C=O) groups is 2. The van der Waals surface area contributed by atoms with Gasteiger partial charge in [0.1, 0.15) is 28.6 Å². The van der Waals surface area contributed by atoms with Crippen molar-refractivity contribution in [2.45, 2.75) is 45.1 Å². The summed E-state index contributed by atoms with van der Waals surface area (Å²) >= 11 is 6.35. The van der Waals surface area contributed by atoms with Crippen LogP contribution in [-0.2, 0) is 11.2 Å². The Hall–Kier alpha value is -2.71. The van der Waals surface area contributed by atoms with Crippen LogP contribution >= 0.6 is 11.6 Å². The minimum Gasteiger partial charge on any atom is -0.549 e. The Bertz CT molecular complexity index is 1290. The largest absolute Gasteiger partial charge is 1.00 e. The fourth-order valence-electron chi connectivity index (χ4n) is 4.07. The zero-order valence-electron chi connectivity index (χ0n) is 22.0. The second-order valence-corrected chi connectivity index (χ2v) is 10.2. The number of hydrogen-bond acceptors (Lipinski definition) is 6. The number of carbonyl (C=O) groups excluding carboxylic acids is 2. The van der Waals surface area contributed by atoms with E-state index in [0.29, 0.717) is 47.8 Å². The molecule has 194 valence electrons. The molecule has 1 aliphatic rings. The summed E-state index contributed by atoms with van der Waals surface area (Å²) in [5.74, 6) is -0.114. The van der Waals surface area contributed by atoms with E-state index in [1.165, 1.54) is 0 Å². The number of carboxylic acid groups (broad SMARTS) is 1. The molecule has 0 fully saturated rings. The maximum Gasteiger partial charge on any atom is 1.00 e. The Kier molecular flexibility index (Phi) is 10.1. The smallest absolute Gasteiger partial charge is 0.549 e. The molecule has 0 aromatic heterocycles. The van der Waals surface area contributed by atoms with E-state index >= 15 is 0 Å². The molecule has 4 rings (SSSR count). The van der Waals surface area contributed by atoms with Gasteiger partial charge in [0.15, 0.2) is 0 Å². The summed E-state index contributed by atoms with van der Waals surface area (Å²) in [5, 5.41) is 14.6. The van der Waals surface area contributed by atoms with Crippen molar-refractivity contribution in [3.8, 4) is 23.0 Å². The number of fused-ring (bicyclic) bond motifs is 1. The van der Waals surface area contributed by atoms with Crippen LogP contribution in [0.4, 0.5) is 0 Å². The van der Waals surface area contributed by atoms with Gasteiger partial charge in [-0.2, -0.15) is 0 Å². The molecule has 0 saturated heterocycles. The second kappa shape index (κ2) is 12.9. The topological polar surface area (TPSA) is 96.9 Å². The van der Waals surface area contributed by atoms with Crippen molar-refractivity contribution in [2.24, 2.45) is 0 Å². The van der Waals surface area contributed by atoms with Crippen molar-refractivity contribution in [3.63, 3.8) is 0 Å². The molecule has 0 bridgehead atoms. The third-order valence-corrected chi connectivity index (χ3v) is 6.10. The third kappa shape index (κ3) is 7.67. The number of nitrogens with one attached hydrogen (secondary N) is 1. The number of aliphatic carboxylic acids is 1. The second-order valence-electron chi connectivity index (χ2n) is 9.78. The summed E-state index contributed by atoms with van der Waals surface area (Å²) < 4.78 is 17.5. The molecule has 1 atom stereocenters. The van der Waals surface area contributed by atoms with Crippen molar-refractivity contribution < 1.29 is 58.5 Å². The summed E-state index contributed by atoms with van der Waals surface area (Å²) in [4.78, 5) is 24.1. The van der Waals surface area contributed by atoms with E-state index < -0.39 is 11.9 Å². The zero-order valence-corrected chi connectivity index (χ0v) is 24.8. The van der Waals surface area contributed by atoms with Crippen LogP contribution in [0, 0.1) is 0 Å². The van der Waals surface area contributed by atoms with E-state index in [1.807, 2.05) is 45.0 Å². The molecule has 3 aromatic carbocycles. The predicted octanol–water partition coefficient (Wildman–Crippen LogP) is 1.90. The van der Waals surface area contributed by atoms with Gasteiger partial charge in [-0.1, -0.05) is 29.8 Å². The summed E-state index contributed by atoms with van der Waals surface area (Å²) in [6.07, 6.45) is 0.962. The summed E-state index contributed by atoms with van der Waals surface area (Å²) in [6, 6.07) is 17.6. The fraction of sp³-hybridized carbons (Fsp3) is 0.310. The molecular formula is C29H29ClNNaO6. The van der Waals surface area contributed by atoms with Crippen LogP contribution in [0.1, 0.15) is 54.6 Å². The van der Waals surface area contributed by atoms with Crippen LogP contribution < -0.4 is 54.2 Å². The van der Waals surface area contributed by atoms with E-state index in [4.69, 9.17) is 25.8 Å².